The van der Waals surface area contributed by atoms with Crippen molar-refractivity contribution in [1.29, 1.82) is 0 Å². The lowest BCUT2D eigenvalue weighted by Crippen LogP contribution is -2.25. The van der Waals surface area contributed by atoms with E-state index >= 15 is 0 Å². The molecule has 1 N–H and O–H groups in total. The van der Waals surface area contributed by atoms with Crippen molar-refractivity contribution in [3.05, 3.63) is 17.0 Å². The molecule has 17 heavy (non-hydrogen) atoms. The molecular weight excluding hydrogens is 329 g/mol. The number of rotatable bonds is 6. The van der Waals surface area contributed by atoms with Crippen LogP contribution in [0, 0.1) is 13.8 Å². The zero-order chi connectivity index (χ0) is 12.8. The number of hydrogen-bond acceptors (Lipinski definition) is 2. The number of halogens is 1. The number of hydrogen-bond donors (Lipinski definition) is 1. The highest BCUT2D eigenvalue weighted by Gasteiger charge is 2.16. The Morgan fingerprint density at radius 3 is 2.59 bits per heavy atom. The Morgan fingerprint density at radius 2 is 2.06 bits per heavy atom. The van der Waals surface area contributed by atoms with E-state index in [-0.39, 0.29) is 5.91 Å². The first kappa shape index (κ1) is 14.5. The highest BCUT2D eigenvalue weighted by molar-refractivity contribution is 14.1. The van der Waals surface area contributed by atoms with Crippen molar-refractivity contribution in [1.82, 2.24) is 15.1 Å². The van der Waals surface area contributed by atoms with Crippen molar-refractivity contribution in [3.8, 4) is 0 Å². The molecule has 0 fully saturated rings. The number of aromatic nitrogens is 2. The molecule has 5 heteroatoms. The zero-order valence-electron chi connectivity index (χ0n) is 10.7. The largest absolute Gasteiger partial charge is 0.352 e. The van der Waals surface area contributed by atoms with Gasteiger partial charge in [0.2, 0.25) is 0 Å². The van der Waals surface area contributed by atoms with Gasteiger partial charge in [-0.25, -0.2) is 0 Å². The molecule has 0 saturated carbocycles. The van der Waals surface area contributed by atoms with Gasteiger partial charge >= 0.3 is 0 Å². The monoisotopic (exact) mass is 349 g/mol. The first-order valence-corrected chi connectivity index (χ1v) is 7.44. The number of aryl methyl sites for hydroxylation is 2. The number of alkyl halides is 1. The highest BCUT2D eigenvalue weighted by Crippen LogP contribution is 2.11. The molecule has 4 nitrogen and oxygen atoms in total. The molecule has 1 rings (SSSR count). The van der Waals surface area contributed by atoms with Crippen LogP contribution >= 0.6 is 22.6 Å². The molecule has 0 saturated heterocycles. The Balaban J connectivity index is 2.47. The van der Waals surface area contributed by atoms with Gasteiger partial charge in [-0.05, 0) is 31.1 Å². The minimum absolute atomic E-state index is 0.00238. The van der Waals surface area contributed by atoms with Gasteiger partial charge in [-0.1, -0.05) is 29.0 Å². The summed E-state index contributed by atoms with van der Waals surface area (Å²) in [5.74, 6) is 0.00238. The lowest BCUT2D eigenvalue weighted by Gasteiger charge is -2.05. The van der Waals surface area contributed by atoms with Crippen LogP contribution in [-0.2, 0) is 7.05 Å². The fourth-order valence-corrected chi connectivity index (χ4v) is 2.33. The summed E-state index contributed by atoms with van der Waals surface area (Å²) in [6.07, 6.45) is 3.45. The van der Waals surface area contributed by atoms with Crippen LogP contribution in [0.1, 0.15) is 41.0 Å². The lowest BCUT2D eigenvalue weighted by atomic mass is 10.2. The number of nitrogens with zero attached hydrogens (tertiary/aromatic N) is 2. The van der Waals surface area contributed by atoms with Crippen molar-refractivity contribution in [2.45, 2.75) is 33.1 Å². The van der Waals surface area contributed by atoms with E-state index in [1.54, 1.807) is 4.68 Å². The molecule has 0 aromatic carbocycles. The molecule has 0 bridgehead atoms. The maximum atomic E-state index is 12.0. The van der Waals surface area contributed by atoms with Crippen molar-refractivity contribution < 1.29 is 4.79 Å². The van der Waals surface area contributed by atoms with E-state index in [2.05, 4.69) is 33.0 Å². The van der Waals surface area contributed by atoms with Gasteiger partial charge in [0.1, 0.15) is 0 Å². The van der Waals surface area contributed by atoms with Gasteiger partial charge in [-0.3, -0.25) is 9.48 Å². The second-order valence-corrected chi connectivity index (χ2v) is 5.25. The number of nitrogens with one attached hydrogen (secondary N) is 1. The lowest BCUT2D eigenvalue weighted by molar-refractivity contribution is 0.0951. The van der Waals surface area contributed by atoms with Crippen molar-refractivity contribution in [3.63, 3.8) is 0 Å². The van der Waals surface area contributed by atoms with E-state index in [1.807, 2.05) is 20.9 Å². The van der Waals surface area contributed by atoms with Crippen LogP contribution in [0.5, 0.6) is 0 Å². The van der Waals surface area contributed by atoms with Crippen LogP contribution in [0.25, 0.3) is 0 Å². The van der Waals surface area contributed by atoms with Gasteiger partial charge in [0.05, 0.1) is 11.3 Å². The van der Waals surface area contributed by atoms with Crippen molar-refractivity contribution >= 4 is 28.5 Å². The topological polar surface area (TPSA) is 46.9 Å². The van der Waals surface area contributed by atoms with E-state index in [9.17, 15) is 4.79 Å². The maximum absolute atomic E-state index is 12.0. The molecule has 1 heterocycles. The summed E-state index contributed by atoms with van der Waals surface area (Å²) in [6.45, 7) is 4.55. The average Bonchev–Trinajstić information content (AvgIpc) is 2.53. The number of amides is 1. The number of unbranched alkanes of at least 4 members (excludes halogenated alkanes) is 2. The van der Waals surface area contributed by atoms with Crippen LogP contribution in [0.2, 0.25) is 0 Å². The Bertz CT molecular complexity index is 387. The predicted octanol–water partition coefficient (Wildman–Crippen LogP) is 2.37. The summed E-state index contributed by atoms with van der Waals surface area (Å²) >= 11 is 2.37. The van der Waals surface area contributed by atoms with Gasteiger partial charge in [-0.2, -0.15) is 5.10 Å². The fraction of sp³-hybridized carbons (Fsp3) is 0.667. The summed E-state index contributed by atoms with van der Waals surface area (Å²) in [5.41, 5.74) is 2.45. The van der Waals surface area contributed by atoms with E-state index < -0.39 is 0 Å². The van der Waals surface area contributed by atoms with Gasteiger partial charge in [-0.15, -0.1) is 0 Å². The zero-order valence-corrected chi connectivity index (χ0v) is 12.9. The molecule has 0 aliphatic rings. The first-order valence-electron chi connectivity index (χ1n) is 5.92. The molecule has 1 amide bonds. The van der Waals surface area contributed by atoms with Crippen molar-refractivity contribution in [2.75, 3.05) is 11.0 Å². The Morgan fingerprint density at radius 1 is 1.35 bits per heavy atom. The van der Waals surface area contributed by atoms with Gasteiger partial charge in [0.15, 0.2) is 0 Å². The Kier molecular flexibility index (Phi) is 5.94. The van der Waals surface area contributed by atoms with E-state index in [0.717, 1.165) is 29.9 Å². The average molecular weight is 349 g/mol. The molecule has 0 spiro atoms. The Hall–Kier alpha value is -0.590. The summed E-state index contributed by atoms with van der Waals surface area (Å²) in [6, 6.07) is 0. The third-order valence-corrected chi connectivity index (χ3v) is 3.59. The Labute approximate surface area is 116 Å². The van der Waals surface area contributed by atoms with Gasteiger partial charge in [0.25, 0.3) is 5.91 Å². The van der Waals surface area contributed by atoms with Crippen LogP contribution in [0.15, 0.2) is 0 Å². The van der Waals surface area contributed by atoms with Gasteiger partial charge < -0.3 is 5.32 Å². The molecule has 96 valence electrons. The molecule has 0 radical (unpaired) electrons. The molecule has 1 aromatic heterocycles. The molecular formula is C12H20IN3O. The standard InChI is InChI=1S/C12H20IN3O/c1-9-11(10(2)16(3)15-9)12(17)14-8-6-4-5-7-13/h4-8H2,1-3H3,(H,14,17). The summed E-state index contributed by atoms with van der Waals surface area (Å²) in [7, 11) is 1.86. The maximum Gasteiger partial charge on any atom is 0.255 e. The third-order valence-electron chi connectivity index (χ3n) is 2.83. The molecule has 0 atom stereocenters. The molecule has 0 unspecified atom stereocenters. The number of carbonyl (C=O) groups is 1. The second-order valence-electron chi connectivity index (χ2n) is 4.17. The fourth-order valence-electron chi connectivity index (χ4n) is 1.79. The van der Waals surface area contributed by atoms with Crippen LogP contribution in [-0.4, -0.2) is 26.7 Å². The van der Waals surface area contributed by atoms with Crippen LogP contribution < -0.4 is 5.32 Å². The number of carbonyl (C=O) groups excluding carboxylic acids is 1. The summed E-state index contributed by atoms with van der Waals surface area (Å²) in [5, 5.41) is 7.20. The summed E-state index contributed by atoms with van der Waals surface area (Å²) < 4.78 is 2.94. The SMILES string of the molecule is Cc1nn(C)c(C)c1C(=O)NCCCCCI. The second kappa shape index (κ2) is 6.98. The van der Waals surface area contributed by atoms with E-state index in [1.165, 1.54) is 17.3 Å². The highest BCUT2D eigenvalue weighted by atomic mass is 127. The molecule has 0 aliphatic heterocycles. The minimum Gasteiger partial charge on any atom is -0.352 e. The smallest absolute Gasteiger partial charge is 0.255 e. The molecule has 0 aliphatic carbocycles. The minimum atomic E-state index is 0.00238. The molecule has 1 aromatic rings. The van der Waals surface area contributed by atoms with Crippen LogP contribution in [0.4, 0.5) is 0 Å². The van der Waals surface area contributed by atoms with Crippen molar-refractivity contribution in [2.24, 2.45) is 7.05 Å². The first-order chi connectivity index (χ1) is 8.07. The van der Waals surface area contributed by atoms with E-state index in [4.69, 9.17) is 0 Å². The van der Waals surface area contributed by atoms with Crippen LogP contribution in [0.3, 0.4) is 0 Å². The van der Waals surface area contributed by atoms with E-state index in [0.29, 0.717) is 0 Å². The predicted molar refractivity (Wildman–Crippen MR) is 77.8 cm³/mol. The normalized spacial score (nSPS) is 10.6. The third kappa shape index (κ3) is 3.97. The quantitative estimate of drug-likeness (QED) is 0.487. The summed E-state index contributed by atoms with van der Waals surface area (Å²) in [4.78, 5) is 12.0. The van der Waals surface area contributed by atoms with Gasteiger partial charge in [0, 0.05) is 19.3 Å².